The Morgan fingerprint density at radius 3 is 2.67 bits per heavy atom. The Labute approximate surface area is 119 Å². The van der Waals surface area contributed by atoms with Gasteiger partial charge < -0.3 is 5.73 Å². The molecule has 106 valence electrons. The highest BCUT2D eigenvalue weighted by molar-refractivity contribution is 5.63. The van der Waals surface area contributed by atoms with E-state index in [4.69, 9.17) is 5.73 Å². The standard InChI is InChI=1S/C14H11F2N5/c1-8-6-9(2-5-12(8)17)14-18-19-20-21(14)13-7-10(15)3-4-11(13)16/h2-7H,17H2,1H3. The average molecular weight is 287 g/mol. The summed E-state index contributed by atoms with van der Waals surface area (Å²) in [7, 11) is 0. The lowest BCUT2D eigenvalue weighted by Gasteiger charge is -2.07. The van der Waals surface area contributed by atoms with Crippen LogP contribution in [0.3, 0.4) is 0 Å². The molecule has 0 aliphatic heterocycles. The summed E-state index contributed by atoms with van der Waals surface area (Å²) in [5.41, 5.74) is 7.86. The number of nitrogens with zero attached hydrogens (tertiary/aromatic N) is 4. The number of aromatic nitrogens is 4. The number of anilines is 1. The normalized spacial score (nSPS) is 10.8. The van der Waals surface area contributed by atoms with E-state index < -0.39 is 11.6 Å². The number of hydrogen-bond donors (Lipinski definition) is 1. The van der Waals surface area contributed by atoms with Crippen LogP contribution in [-0.4, -0.2) is 20.2 Å². The highest BCUT2D eigenvalue weighted by atomic mass is 19.1. The van der Waals surface area contributed by atoms with Crippen LogP contribution in [0.25, 0.3) is 17.1 Å². The molecule has 21 heavy (non-hydrogen) atoms. The summed E-state index contributed by atoms with van der Waals surface area (Å²) in [4.78, 5) is 0. The monoisotopic (exact) mass is 287 g/mol. The van der Waals surface area contributed by atoms with Crippen LogP contribution in [0.15, 0.2) is 36.4 Å². The predicted octanol–water partition coefficient (Wildman–Crippen LogP) is 2.50. The van der Waals surface area contributed by atoms with Crippen LogP contribution in [0.1, 0.15) is 5.56 Å². The minimum absolute atomic E-state index is 0.0514. The zero-order valence-electron chi connectivity index (χ0n) is 11.1. The zero-order chi connectivity index (χ0) is 15.0. The van der Waals surface area contributed by atoms with Gasteiger partial charge in [0.05, 0.1) is 0 Å². The molecule has 0 radical (unpaired) electrons. The fourth-order valence-corrected chi connectivity index (χ4v) is 1.99. The van der Waals surface area contributed by atoms with Gasteiger partial charge in [0.15, 0.2) is 5.82 Å². The van der Waals surface area contributed by atoms with E-state index in [1.54, 1.807) is 18.2 Å². The molecule has 0 saturated heterocycles. The fourth-order valence-electron chi connectivity index (χ4n) is 1.99. The Hall–Kier alpha value is -2.83. The molecule has 0 bridgehead atoms. The Kier molecular flexibility index (Phi) is 3.09. The molecule has 0 atom stereocenters. The number of hydrogen-bond acceptors (Lipinski definition) is 4. The van der Waals surface area contributed by atoms with E-state index in [-0.39, 0.29) is 5.69 Å². The lowest BCUT2D eigenvalue weighted by molar-refractivity contribution is 0.584. The van der Waals surface area contributed by atoms with Gasteiger partial charge in [0, 0.05) is 17.3 Å². The predicted molar refractivity (Wildman–Crippen MR) is 73.7 cm³/mol. The maximum absolute atomic E-state index is 13.9. The van der Waals surface area contributed by atoms with Gasteiger partial charge >= 0.3 is 0 Å². The van der Waals surface area contributed by atoms with Crippen molar-refractivity contribution in [3.05, 3.63) is 53.6 Å². The number of aryl methyl sites for hydroxylation is 1. The third-order valence-electron chi connectivity index (χ3n) is 3.13. The lowest BCUT2D eigenvalue weighted by Crippen LogP contribution is -2.03. The molecule has 0 amide bonds. The largest absolute Gasteiger partial charge is 0.399 e. The van der Waals surface area contributed by atoms with Gasteiger partial charge in [-0.1, -0.05) is 0 Å². The van der Waals surface area contributed by atoms with Gasteiger partial charge in [-0.2, -0.15) is 4.68 Å². The molecule has 0 aliphatic carbocycles. The van der Waals surface area contributed by atoms with Crippen molar-refractivity contribution in [3.8, 4) is 17.1 Å². The second kappa shape index (κ2) is 4.93. The first-order valence-corrected chi connectivity index (χ1v) is 6.16. The summed E-state index contributed by atoms with van der Waals surface area (Å²) < 4.78 is 28.4. The molecule has 2 N–H and O–H groups in total. The van der Waals surface area contributed by atoms with Crippen molar-refractivity contribution in [2.75, 3.05) is 5.73 Å². The van der Waals surface area contributed by atoms with Crippen LogP contribution in [0.4, 0.5) is 14.5 Å². The van der Waals surface area contributed by atoms with E-state index in [1.165, 1.54) is 0 Å². The van der Waals surface area contributed by atoms with Gasteiger partial charge in [-0.25, -0.2) is 8.78 Å². The molecule has 0 aliphatic rings. The molecular weight excluding hydrogens is 276 g/mol. The molecular formula is C14H11F2N5. The molecule has 1 aromatic heterocycles. The van der Waals surface area contributed by atoms with E-state index >= 15 is 0 Å². The second-order valence-corrected chi connectivity index (χ2v) is 4.58. The van der Waals surface area contributed by atoms with Crippen molar-refractivity contribution in [1.29, 1.82) is 0 Å². The summed E-state index contributed by atoms with van der Waals surface area (Å²) in [6, 6.07) is 8.34. The van der Waals surface area contributed by atoms with Gasteiger partial charge in [-0.05, 0) is 53.2 Å². The summed E-state index contributed by atoms with van der Waals surface area (Å²) in [5, 5.41) is 11.2. The summed E-state index contributed by atoms with van der Waals surface area (Å²) >= 11 is 0. The SMILES string of the molecule is Cc1cc(-c2nnnn2-c2cc(F)ccc2F)ccc1N. The highest BCUT2D eigenvalue weighted by Gasteiger charge is 2.15. The van der Waals surface area contributed by atoms with Crippen molar-refractivity contribution in [2.24, 2.45) is 0 Å². The molecule has 3 rings (SSSR count). The lowest BCUT2D eigenvalue weighted by atomic mass is 10.1. The van der Waals surface area contributed by atoms with Crippen LogP contribution in [0.5, 0.6) is 0 Å². The number of rotatable bonds is 2. The Bertz CT molecular complexity index is 813. The first kappa shape index (κ1) is 13.2. The minimum Gasteiger partial charge on any atom is -0.399 e. The van der Waals surface area contributed by atoms with Crippen molar-refractivity contribution in [2.45, 2.75) is 6.92 Å². The van der Waals surface area contributed by atoms with Gasteiger partial charge in [-0.3, -0.25) is 0 Å². The fraction of sp³-hybridized carbons (Fsp3) is 0.0714. The van der Waals surface area contributed by atoms with Crippen LogP contribution in [-0.2, 0) is 0 Å². The van der Waals surface area contributed by atoms with Crippen LogP contribution < -0.4 is 5.73 Å². The van der Waals surface area contributed by atoms with Crippen molar-refractivity contribution in [3.63, 3.8) is 0 Å². The molecule has 2 aromatic carbocycles. The number of halogens is 2. The molecule has 3 aromatic rings. The minimum atomic E-state index is -0.614. The van der Waals surface area contributed by atoms with E-state index in [2.05, 4.69) is 15.5 Å². The Balaban J connectivity index is 2.17. The van der Waals surface area contributed by atoms with E-state index in [1.807, 2.05) is 6.92 Å². The Morgan fingerprint density at radius 1 is 1.10 bits per heavy atom. The molecule has 5 nitrogen and oxygen atoms in total. The van der Waals surface area contributed by atoms with Crippen LogP contribution in [0.2, 0.25) is 0 Å². The van der Waals surface area contributed by atoms with Gasteiger partial charge in [0.1, 0.15) is 17.3 Å². The highest BCUT2D eigenvalue weighted by Crippen LogP contribution is 2.24. The topological polar surface area (TPSA) is 69.6 Å². The number of tetrazole rings is 1. The van der Waals surface area contributed by atoms with E-state index in [0.717, 1.165) is 28.4 Å². The second-order valence-electron chi connectivity index (χ2n) is 4.58. The maximum atomic E-state index is 13.9. The summed E-state index contributed by atoms with van der Waals surface area (Å²) in [6.07, 6.45) is 0. The third-order valence-corrected chi connectivity index (χ3v) is 3.13. The zero-order valence-corrected chi connectivity index (χ0v) is 11.1. The third kappa shape index (κ3) is 2.33. The maximum Gasteiger partial charge on any atom is 0.187 e. The van der Waals surface area contributed by atoms with Crippen LogP contribution >= 0.6 is 0 Å². The molecule has 0 fully saturated rings. The molecule has 0 saturated carbocycles. The molecule has 0 unspecified atom stereocenters. The van der Waals surface area contributed by atoms with Crippen molar-refractivity contribution < 1.29 is 8.78 Å². The molecule has 0 spiro atoms. The Morgan fingerprint density at radius 2 is 1.90 bits per heavy atom. The van der Waals surface area contributed by atoms with Crippen LogP contribution in [0, 0.1) is 18.6 Å². The summed E-state index contributed by atoms with van der Waals surface area (Å²) in [5.74, 6) is -0.874. The van der Waals surface area contributed by atoms with Gasteiger partial charge in [0.2, 0.25) is 0 Å². The number of benzene rings is 2. The summed E-state index contributed by atoms with van der Waals surface area (Å²) in [6.45, 7) is 1.84. The smallest absolute Gasteiger partial charge is 0.187 e. The molecule has 7 heteroatoms. The average Bonchev–Trinajstić information content (AvgIpc) is 2.93. The first-order chi connectivity index (χ1) is 10.1. The van der Waals surface area contributed by atoms with Crippen molar-refractivity contribution >= 4 is 5.69 Å². The van der Waals surface area contributed by atoms with E-state index in [0.29, 0.717) is 17.1 Å². The van der Waals surface area contributed by atoms with Gasteiger partial charge in [-0.15, -0.1) is 5.10 Å². The van der Waals surface area contributed by atoms with Crippen molar-refractivity contribution in [1.82, 2.24) is 20.2 Å². The quantitative estimate of drug-likeness (QED) is 0.735. The molecule has 1 heterocycles. The number of nitrogens with two attached hydrogens (primary N) is 1. The van der Waals surface area contributed by atoms with Gasteiger partial charge in [0.25, 0.3) is 0 Å². The first-order valence-electron chi connectivity index (χ1n) is 6.16. The number of nitrogen functional groups attached to an aromatic ring is 1. The van der Waals surface area contributed by atoms with E-state index in [9.17, 15) is 8.78 Å².